The summed E-state index contributed by atoms with van der Waals surface area (Å²) in [5, 5.41) is 1.38. The monoisotopic (exact) mass is 242 g/mol. The molecule has 1 aromatic heterocycles. The summed E-state index contributed by atoms with van der Waals surface area (Å²) in [6.07, 6.45) is 4.14. The first-order valence-electron chi connectivity index (χ1n) is 7.18. The van der Waals surface area contributed by atoms with Crippen LogP contribution in [-0.2, 0) is 13.1 Å². The van der Waals surface area contributed by atoms with Crippen molar-refractivity contribution in [2.45, 2.75) is 39.3 Å². The van der Waals surface area contributed by atoms with Gasteiger partial charge in [0.2, 0.25) is 0 Å². The quantitative estimate of drug-likeness (QED) is 0.797. The molecule has 0 N–H and O–H groups in total. The second-order valence-corrected chi connectivity index (χ2v) is 5.28. The summed E-state index contributed by atoms with van der Waals surface area (Å²) in [7, 11) is 0. The van der Waals surface area contributed by atoms with Gasteiger partial charge in [-0.1, -0.05) is 24.6 Å². The fourth-order valence-electron chi connectivity index (χ4n) is 3.12. The van der Waals surface area contributed by atoms with Gasteiger partial charge in [0.05, 0.1) is 0 Å². The summed E-state index contributed by atoms with van der Waals surface area (Å²) in [6, 6.07) is 11.1. The zero-order valence-corrected chi connectivity index (χ0v) is 11.2. The highest BCUT2D eigenvalue weighted by molar-refractivity contribution is 5.81. The van der Waals surface area contributed by atoms with E-state index in [9.17, 15) is 0 Å². The molecule has 1 aliphatic heterocycles. The molecule has 1 saturated heterocycles. The summed E-state index contributed by atoms with van der Waals surface area (Å²) in [4.78, 5) is 2.60. The summed E-state index contributed by atoms with van der Waals surface area (Å²) < 4.78 is 2.46. The molecule has 0 spiro atoms. The Hall–Kier alpha value is -1.28. The molecule has 1 aromatic carbocycles. The van der Waals surface area contributed by atoms with Gasteiger partial charge >= 0.3 is 0 Å². The van der Waals surface area contributed by atoms with Crippen molar-refractivity contribution in [3.05, 3.63) is 36.0 Å². The van der Waals surface area contributed by atoms with Crippen LogP contribution in [0.2, 0.25) is 0 Å². The number of nitrogens with zero attached hydrogens (tertiary/aromatic N) is 2. The average Bonchev–Trinajstić information content (AvgIpc) is 2.77. The van der Waals surface area contributed by atoms with Crippen LogP contribution >= 0.6 is 0 Å². The number of benzene rings is 1. The molecule has 0 atom stereocenters. The Morgan fingerprint density at radius 2 is 1.83 bits per heavy atom. The Balaban J connectivity index is 1.90. The standard InChI is InChI=1S/C16H22N2/c1-2-18-15(13-17-10-6-3-7-11-17)12-14-8-4-5-9-16(14)18/h4-5,8-9,12H,2-3,6-7,10-11,13H2,1H3. The second-order valence-electron chi connectivity index (χ2n) is 5.28. The van der Waals surface area contributed by atoms with Gasteiger partial charge in [0.25, 0.3) is 0 Å². The molecular formula is C16H22N2. The van der Waals surface area contributed by atoms with Crippen molar-refractivity contribution in [1.82, 2.24) is 9.47 Å². The summed E-state index contributed by atoms with van der Waals surface area (Å²) in [5.41, 5.74) is 2.85. The molecule has 2 heterocycles. The van der Waals surface area contributed by atoms with E-state index in [1.165, 1.54) is 48.9 Å². The Bertz CT molecular complexity index is 521. The Morgan fingerprint density at radius 1 is 1.06 bits per heavy atom. The molecule has 0 unspecified atom stereocenters. The maximum absolute atomic E-state index is 2.60. The number of hydrogen-bond acceptors (Lipinski definition) is 1. The van der Waals surface area contributed by atoms with Gasteiger partial charge in [0.1, 0.15) is 0 Å². The van der Waals surface area contributed by atoms with E-state index >= 15 is 0 Å². The fourth-order valence-corrected chi connectivity index (χ4v) is 3.12. The van der Waals surface area contributed by atoms with Crippen LogP contribution in [0, 0.1) is 0 Å². The number of para-hydroxylation sites is 1. The number of hydrogen-bond donors (Lipinski definition) is 0. The lowest BCUT2D eigenvalue weighted by Crippen LogP contribution is -2.29. The first-order valence-corrected chi connectivity index (χ1v) is 7.18. The average molecular weight is 242 g/mol. The SMILES string of the molecule is CCn1c(CN2CCCCC2)cc2ccccc21. The molecular weight excluding hydrogens is 220 g/mol. The van der Waals surface area contributed by atoms with Gasteiger partial charge < -0.3 is 4.57 Å². The lowest BCUT2D eigenvalue weighted by molar-refractivity contribution is 0.216. The number of aryl methyl sites for hydroxylation is 1. The molecule has 2 heteroatoms. The topological polar surface area (TPSA) is 8.17 Å². The zero-order valence-electron chi connectivity index (χ0n) is 11.2. The van der Waals surface area contributed by atoms with E-state index in [4.69, 9.17) is 0 Å². The van der Waals surface area contributed by atoms with Gasteiger partial charge in [0, 0.05) is 24.3 Å². The third-order valence-corrected chi connectivity index (χ3v) is 4.05. The number of piperidine rings is 1. The van der Waals surface area contributed by atoms with E-state index < -0.39 is 0 Å². The smallest absolute Gasteiger partial charge is 0.0482 e. The van der Waals surface area contributed by atoms with Crippen molar-refractivity contribution < 1.29 is 0 Å². The molecule has 0 bridgehead atoms. The van der Waals surface area contributed by atoms with Crippen LogP contribution in [0.5, 0.6) is 0 Å². The normalized spacial score (nSPS) is 17.4. The Labute approximate surface area is 109 Å². The maximum atomic E-state index is 2.60. The van der Waals surface area contributed by atoms with Crippen LogP contribution in [0.15, 0.2) is 30.3 Å². The highest BCUT2D eigenvalue weighted by Gasteiger charge is 2.14. The van der Waals surface area contributed by atoms with Crippen LogP contribution in [-0.4, -0.2) is 22.6 Å². The molecule has 2 aromatic rings. The van der Waals surface area contributed by atoms with Crippen LogP contribution < -0.4 is 0 Å². The predicted molar refractivity (Wildman–Crippen MR) is 76.7 cm³/mol. The van der Waals surface area contributed by atoms with Crippen LogP contribution in [0.1, 0.15) is 31.9 Å². The number of likely N-dealkylation sites (tertiary alicyclic amines) is 1. The minimum atomic E-state index is 1.07. The zero-order chi connectivity index (χ0) is 12.4. The molecule has 96 valence electrons. The van der Waals surface area contributed by atoms with Crippen molar-refractivity contribution in [2.75, 3.05) is 13.1 Å². The molecule has 18 heavy (non-hydrogen) atoms. The van der Waals surface area contributed by atoms with Crippen molar-refractivity contribution in [2.24, 2.45) is 0 Å². The molecule has 0 amide bonds. The Kier molecular flexibility index (Phi) is 3.37. The maximum Gasteiger partial charge on any atom is 0.0482 e. The van der Waals surface area contributed by atoms with Crippen molar-refractivity contribution in [1.29, 1.82) is 0 Å². The highest BCUT2D eigenvalue weighted by Crippen LogP contribution is 2.22. The van der Waals surface area contributed by atoms with Gasteiger partial charge in [-0.3, -0.25) is 4.90 Å². The summed E-state index contributed by atoms with van der Waals surface area (Å²) >= 11 is 0. The highest BCUT2D eigenvalue weighted by atomic mass is 15.1. The van der Waals surface area contributed by atoms with Crippen LogP contribution in [0.25, 0.3) is 10.9 Å². The number of rotatable bonds is 3. The number of fused-ring (bicyclic) bond motifs is 1. The van der Waals surface area contributed by atoms with Gasteiger partial charge in [-0.2, -0.15) is 0 Å². The minimum Gasteiger partial charge on any atom is -0.344 e. The third-order valence-electron chi connectivity index (χ3n) is 4.05. The van der Waals surface area contributed by atoms with Crippen LogP contribution in [0.3, 0.4) is 0 Å². The third kappa shape index (κ3) is 2.17. The van der Waals surface area contributed by atoms with Gasteiger partial charge in [-0.05, 0) is 50.4 Å². The van der Waals surface area contributed by atoms with Gasteiger partial charge in [-0.25, -0.2) is 0 Å². The van der Waals surface area contributed by atoms with E-state index in [0.29, 0.717) is 0 Å². The Morgan fingerprint density at radius 3 is 2.61 bits per heavy atom. The van der Waals surface area contributed by atoms with E-state index in [1.54, 1.807) is 0 Å². The molecule has 2 nitrogen and oxygen atoms in total. The van der Waals surface area contributed by atoms with Crippen molar-refractivity contribution in [3.63, 3.8) is 0 Å². The van der Waals surface area contributed by atoms with E-state index in [0.717, 1.165) is 13.1 Å². The lowest BCUT2D eigenvalue weighted by atomic mass is 10.1. The van der Waals surface area contributed by atoms with Gasteiger partial charge in [-0.15, -0.1) is 0 Å². The molecule has 3 rings (SSSR count). The summed E-state index contributed by atoms with van der Waals surface area (Å²) in [5.74, 6) is 0. The van der Waals surface area contributed by atoms with Gasteiger partial charge in [0.15, 0.2) is 0 Å². The van der Waals surface area contributed by atoms with Crippen LogP contribution in [0.4, 0.5) is 0 Å². The first kappa shape index (κ1) is 11.8. The van der Waals surface area contributed by atoms with E-state index in [1.807, 2.05) is 0 Å². The predicted octanol–water partition coefficient (Wildman–Crippen LogP) is 3.65. The molecule has 0 aliphatic carbocycles. The molecule has 0 radical (unpaired) electrons. The molecule has 0 saturated carbocycles. The molecule has 1 aliphatic rings. The van der Waals surface area contributed by atoms with E-state index in [2.05, 4.69) is 46.7 Å². The fraction of sp³-hybridized carbons (Fsp3) is 0.500. The summed E-state index contributed by atoms with van der Waals surface area (Å²) in [6.45, 7) is 6.96. The minimum absolute atomic E-state index is 1.07. The lowest BCUT2D eigenvalue weighted by Gasteiger charge is -2.26. The van der Waals surface area contributed by atoms with E-state index in [-0.39, 0.29) is 0 Å². The molecule has 1 fully saturated rings. The second kappa shape index (κ2) is 5.15. The van der Waals surface area contributed by atoms with Crippen molar-refractivity contribution >= 4 is 10.9 Å². The largest absolute Gasteiger partial charge is 0.344 e. The number of aromatic nitrogens is 1. The first-order chi connectivity index (χ1) is 8.88. The van der Waals surface area contributed by atoms with Crippen molar-refractivity contribution in [3.8, 4) is 0 Å².